The molecule has 3 rings (SSSR count). The lowest BCUT2D eigenvalue weighted by molar-refractivity contribution is -0.115. The lowest BCUT2D eigenvalue weighted by atomic mass is 10.0. The van der Waals surface area contributed by atoms with Gasteiger partial charge < -0.3 is 26.0 Å². The van der Waals surface area contributed by atoms with Gasteiger partial charge in [0.25, 0.3) is 5.91 Å². The van der Waals surface area contributed by atoms with Crippen LogP contribution in [0.2, 0.25) is 5.02 Å². The number of amides is 3. The fourth-order valence-electron chi connectivity index (χ4n) is 2.59. The molecule has 24 heavy (non-hydrogen) atoms. The Kier molecular flexibility index (Phi) is 5.93. The molecule has 2 heterocycles. The van der Waals surface area contributed by atoms with Gasteiger partial charge in [0.15, 0.2) is 11.5 Å². The fourth-order valence-corrected chi connectivity index (χ4v) is 2.81. The van der Waals surface area contributed by atoms with Gasteiger partial charge in [-0.2, -0.15) is 0 Å². The Bertz CT molecular complexity index is 698. The molecule has 130 valence electrons. The van der Waals surface area contributed by atoms with Gasteiger partial charge in [-0.05, 0) is 43.6 Å². The molecule has 4 N–H and O–H groups in total. The number of halogens is 2. The summed E-state index contributed by atoms with van der Waals surface area (Å²) in [4.78, 5) is 23.9. The van der Waals surface area contributed by atoms with Gasteiger partial charge >= 0.3 is 6.03 Å². The summed E-state index contributed by atoms with van der Waals surface area (Å²) in [5.74, 6) is 0.405. The third-order valence-electron chi connectivity index (χ3n) is 3.72. The topological polar surface area (TPSA) is 91.5 Å². The summed E-state index contributed by atoms with van der Waals surface area (Å²) >= 11 is 6.04. The van der Waals surface area contributed by atoms with E-state index in [9.17, 15) is 9.59 Å². The Morgan fingerprint density at radius 1 is 1.29 bits per heavy atom. The molecule has 0 bridgehead atoms. The fraction of sp³-hybridized carbons (Fsp3) is 0.333. The van der Waals surface area contributed by atoms with Crippen LogP contribution in [0.4, 0.5) is 16.2 Å². The van der Waals surface area contributed by atoms with Gasteiger partial charge in [-0.15, -0.1) is 12.4 Å². The predicted octanol–water partition coefficient (Wildman–Crippen LogP) is 2.48. The van der Waals surface area contributed by atoms with Gasteiger partial charge in [0.2, 0.25) is 0 Å². The first-order chi connectivity index (χ1) is 11.1. The van der Waals surface area contributed by atoms with Crippen molar-refractivity contribution in [3.05, 3.63) is 28.5 Å². The minimum absolute atomic E-state index is 0. The SMILES string of the molecule is CNC(=O)Nc1cc(Cl)cc2c1OC(=C1CCNCC1)C(=O)N2.Cl. The monoisotopic (exact) mass is 372 g/mol. The number of carbonyl (C=O) groups is 2. The van der Waals surface area contributed by atoms with E-state index in [4.69, 9.17) is 16.3 Å². The Balaban J connectivity index is 0.00000208. The molecular formula is C15H18Cl2N4O3. The molecule has 1 saturated heterocycles. The summed E-state index contributed by atoms with van der Waals surface area (Å²) in [7, 11) is 1.51. The number of piperidine rings is 1. The van der Waals surface area contributed by atoms with Crippen molar-refractivity contribution in [3.8, 4) is 5.75 Å². The summed E-state index contributed by atoms with van der Waals surface area (Å²) in [6, 6.07) is 2.77. The maximum atomic E-state index is 12.3. The second-order valence-corrected chi connectivity index (χ2v) is 5.71. The number of anilines is 2. The summed E-state index contributed by atoms with van der Waals surface area (Å²) < 4.78 is 5.85. The molecule has 1 fully saturated rings. The van der Waals surface area contributed by atoms with Gasteiger partial charge in [0, 0.05) is 12.1 Å². The quantitative estimate of drug-likeness (QED) is 0.570. The average Bonchev–Trinajstić information content (AvgIpc) is 2.54. The standard InChI is InChI=1S/C15H17ClN4O3.ClH/c1-17-15(22)20-11-7-9(16)6-10-13(11)23-12(14(21)19-10)8-2-4-18-5-3-8;/h6-7,18H,2-5H2,1H3,(H,19,21)(H2,17,20,22);1H. The van der Waals surface area contributed by atoms with Crippen LogP contribution in [0.3, 0.4) is 0 Å². The van der Waals surface area contributed by atoms with Gasteiger partial charge in [0.05, 0.1) is 11.4 Å². The van der Waals surface area contributed by atoms with Crippen molar-refractivity contribution in [2.75, 3.05) is 30.8 Å². The number of rotatable bonds is 1. The van der Waals surface area contributed by atoms with E-state index >= 15 is 0 Å². The number of benzene rings is 1. The number of hydrogen-bond donors (Lipinski definition) is 4. The van der Waals surface area contributed by atoms with Crippen molar-refractivity contribution >= 4 is 47.3 Å². The van der Waals surface area contributed by atoms with Crippen LogP contribution in [0, 0.1) is 0 Å². The first-order valence-corrected chi connectivity index (χ1v) is 7.70. The van der Waals surface area contributed by atoms with E-state index in [0.717, 1.165) is 31.5 Å². The number of ether oxygens (including phenoxy) is 1. The van der Waals surface area contributed by atoms with E-state index in [-0.39, 0.29) is 18.3 Å². The van der Waals surface area contributed by atoms with Crippen molar-refractivity contribution in [2.24, 2.45) is 0 Å². The maximum Gasteiger partial charge on any atom is 0.319 e. The predicted molar refractivity (Wildman–Crippen MR) is 95.2 cm³/mol. The van der Waals surface area contributed by atoms with Crippen molar-refractivity contribution < 1.29 is 14.3 Å². The van der Waals surface area contributed by atoms with E-state index < -0.39 is 6.03 Å². The summed E-state index contributed by atoms with van der Waals surface area (Å²) in [5.41, 5.74) is 1.80. The minimum Gasteiger partial charge on any atom is -0.447 e. The van der Waals surface area contributed by atoms with Gasteiger partial charge in [-0.1, -0.05) is 11.6 Å². The molecule has 1 aromatic carbocycles. The van der Waals surface area contributed by atoms with E-state index in [2.05, 4.69) is 21.3 Å². The van der Waals surface area contributed by atoms with Crippen LogP contribution in [0.5, 0.6) is 5.75 Å². The van der Waals surface area contributed by atoms with Crippen LogP contribution in [0.1, 0.15) is 12.8 Å². The second-order valence-electron chi connectivity index (χ2n) is 5.27. The summed E-state index contributed by atoms with van der Waals surface area (Å²) in [5, 5.41) is 11.5. The van der Waals surface area contributed by atoms with Crippen LogP contribution >= 0.6 is 24.0 Å². The molecule has 1 aromatic rings. The Morgan fingerprint density at radius 3 is 2.67 bits per heavy atom. The molecule has 3 amide bonds. The van der Waals surface area contributed by atoms with E-state index in [1.165, 1.54) is 7.05 Å². The molecular weight excluding hydrogens is 355 g/mol. The van der Waals surface area contributed by atoms with Gasteiger partial charge in [0.1, 0.15) is 0 Å². The molecule has 0 radical (unpaired) electrons. The molecule has 0 atom stereocenters. The van der Waals surface area contributed by atoms with Gasteiger partial charge in [-0.25, -0.2) is 4.79 Å². The molecule has 2 aliphatic heterocycles. The van der Waals surface area contributed by atoms with Crippen LogP contribution in [-0.4, -0.2) is 32.1 Å². The number of fused-ring (bicyclic) bond motifs is 1. The van der Waals surface area contributed by atoms with Crippen LogP contribution in [-0.2, 0) is 4.79 Å². The molecule has 0 unspecified atom stereocenters. The largest absolute Gasteiger partial charge is 0.447 e. The molecule has 0 aromatic heterocycles. The summed E-state index contributed by atoms with van der Waals surface area (Å²) in [6.07, 6.45) is 1.51. The normalized spacial score (nSPS) is 16.3. The smallest absolute Gasteiger partial charge is 0.319 e. The number of carbonyl (C=O) groups excluding carboxylic acids is 2. The third-order valence-corrected chi connectivity index (χ3v) is 3.93. The average molecular weight is 373 g/mol. The Morgan fingerprint density at radius 2 is 2.00 bits per heavy atom. The van der Waals surface area contributed by atoms with Crippen molar-refractivity contribution in [2.45, 2.75) is 12.8 Å². The van der Waals surface area contributed by atoms with Crippen molar-refractivity contribution in [1.29, 1.82) is 0 Å². The maximum absolute atomic E-state index is 12.3. The third kappa shape index (κ3) is 3.75. The minimum atomic E-state index is -0.397. The zero-order valence-corrected chi connectivity index (χ0v) is 14.6. The van der Waals surface area contributed by atoms with Crippen LogP contribution < -0.4 is 26.0 Å². The number of urea groups is 1. The van der Waals surface area contributed by atoms with E-state index in [1.807, 2.05) is 0 Å². The molecule has 2 aliphatic rings. The lowest BCUT2D eigenvalue weighted by Crippen LogP contribution is -2.31. The molecule has 0 aliphatic carbocycles. The Labute approximate surface area is 150 Å². The number of hydrogen-bond acceptors (Lipinski definition) is 4. The van der Waals surface area contributed by atoms with Gasteiger partial charge in [-0.3, -0.25) is 4.79 Å². The molecule has 7 nitrogen and oxygen atoms in total. The Hall–Kier alpha value is -1.96. The molecule has 0 saturated carbocycles. The molecule has 9 heteroatoms. The first-order valence-electron chi connectivity index (χ1n) is 7.32. The van der Waals surface area contributed by atoms with Crippen LogP contribution in [0.15, 0.2) is 23.5 Å². The highest BCUT2D eigenvalue weighted by molar-refractivity contribution is 6.31. The molecule has 0 spiro atoms. The lowest BCUT2D eigenvalue weighted by Gasteiger charge is -2.26. The second kappa shape index (κ2) is 7.74. The van der Waals surface area contributed by atoms with Crippen LogP contribution in [0.25, 0.3) is 0 Å². The zero-order valence-electron chi connectivity index (χ0n) is 13.0. The highest BCUT2D eigenvalue weighted by Crippen LogP contribution is 2.41. The van der Waals surface area contributed by atoms with Crippen molar-refractivity contribution in [1.82, 2.24) is 10.6 Å². The highest BCUT2D eigenvalue weighted by atomic mass is 35.5. The first kappa shape index (κ1) is 18.4. The summed E-state index contributed by atoms with van der Waals surface area (Å²) in [6.45, 7) is 1.62. The highest BCUT2D eigenvalue weighted by Gasteiger charge is 2.28. The number of nitrogens with one attached hydrogen (secondary N) is 4. The zero-order chi connectivity index (χ0) is 16.4. The van der Waals surface area contributed by atoms with Crippen molar-refractivity contribution in [3.63, 3.8) is 0 Å². The van der Waals surface area contributed by atoms with E-state index in [1.54, 1.807) is 12.1 Å². The van der Waals surface area contributed by atoms with E-state index in [0.29, 0.717) is 27.9 Å².